The third-order valence-corrected chi connectivity index (χ3v) is 4.84. The predicted molar refractivity (Wildman–Crippen MR) is 67.2 cm³/mol. The fourth-order valence-corrected chi connectivity index (χ4v) is 4.10. The second-order valence-corrected chi connectivity index (χ2v) is 6.41. The number of Topliss-reactive ketones (excluding diaryl/α,β-unsaturated/α-hetero) is 1. The van der Waals surface area contributed by atoms with Crippen LogP contribution >= 0.6 is 0 Å². The molecule has 0 aromatic rings. The predicted octanol–water partition coefficient (Wildman–Crippen LogP) is 3.98. The van der Waals surface area contributed by atoms with Crippen LogP contribution in [0.4, 0.5) is 0 Å². The number of carbonyl (C=O) groups excluding carboxylic acids is 1. The molecule has 0 amide bonds. The summed E-state index contributed by atoms with van der Waals surface area (Å²) in [4.78, 5) is 11.7. The molecule has 0 radical (unpaired) electrons. The normalized spacial score (nSPS) is 37.5. The molecule has 2 aliphatic rings. The Labute approximate surface area is 99.3 Å². The molecule has 3 unspecified atom stereocenters. The van der Waals surface area contributed by atoms with Gasteiger partial charge in [-0.2, -0.15) is 0 Å². The zero-order valence-electron chi connectivity index (χ0n) is 11.0. The first-order valence-electron chi connectivity index (χ1n) is 6.63. The fourth-order valence-electron chi connectivity index (χ4n) is 4.10. The van der Waals surface area contributed by atoms with Gasteiger partial charge < -0.3 is 0 Å². The van der Waals surface area contributed by atoms with Crippen LogP contribution in [-0.4, -0.2) is 5.78 Å². The first kappa shape index (κ1) is 11.9. The Morgan fingerprint density at radius 1 is 1.44 bits per heavy atom. The molecule has 1 saturated carbocycles. The van der Waals surface area contributed by atoms with Crippen LogP contribution in [0.25, 0.3) is 0 Å². The van der Waals surface area contributed by atoms with E-state index in [-0.39, 0.29) is 5.92 Å². The zero-order chi connectivity index (χ0) is 11.9. The molecule has 16 heavy (non-hydrogen) atoms. The third-order valence-electron chi connectivity index (χ3n) is 4.84. The summed E-state index contributed by atoms with van der Waals surface area (Å²) in [5, 5.41) is 0. The molecule has 0 aliphatic heterocycles. The molecule has 90 valence electrons. The van der Waals surface area contributed by atoms with Crippen LogP contribution in [0.1, 0.15) is 53.4 Å². The van der Waals surface area contributed by atoms with Crippen LogP contribution in [0.3, 0.4) is 0 Å². The van der Waals surface area contributed by atoms with E-state index in [2.05, 4.69) is 26.8 Å². The van der Waals surface area contributed by atoms with Crippen molar-refractivity contribution in [3.63, 3.8) is 0 Å². The minimum atomic E-state index is 0.270. The van der Waals surface area contributed by atoms with Gasteiger partial charge in [-0.1, -0.05) is 32.4 Å². The number of allylic oxidation sites excluding steroid dienone is 2. The lowest BCUT2D eigenvalue weighted by atomic mass is 9.56. The highest BCUT2D eigenvalue weighted by atomic mass is 16.1. The van der Waals surface area contributed by atoms with Gasteiger partial charge in [0.2, 0.25) is 0 Å². The molecule has 1 heteroatoms. The minimum Gasteiger partial charge on any atom is -0.300 e. The van der Waals surface area contributed by atoms with Crippen molar-refractivity contribution in [2.24, 2.45) is 23.2 Å². The lowest BCUT2D eigenvalue weighted by Crippen LogP contribution is -2.41. The second-order valence-electron chi connectivity index (χ2n) is 6.41. The average molecular weight is 220 g/mol. The number of hydrogen-bond donors (Lipinski definition) is 0. The quantitative estimate of drug-likeness (QED) is 0.611. The maximum atomic E-state index is 11.7. The van der Waals surface area contributed by atoms with E-state index >= 15 is 0 Å². The van der Waals surface area contributed by atoms with Gasteiger partial charge in [0.25, 0.3) is 0 Å². The molecule has 3 atom stereocenters. The summed E-state index contributed by atoms with van der Waals surface area (Å²) in [6, 6.07) is 0. The first-order valence-corrected chi connectivity index (χ1v) is 6.63. The van der Waals surface area contributed by atoms with Crippen molar-refractivity contribution in [2.75, 3.05) is 0 Å². The number of ketones is 1. The van der Waals surface area contributed by atoms with Gasteiger partial charge >= 0.3 is 0 Å². The maximum absolute atomic E-state index is 11.7. The smallest absolute Gasteiger partial charge is 0.133 e. The molecule has 2 aliphatic carbocycles. The molecular formula is C15H24O. The van der Waals surface area contributed by atoms with Gasteiger partial charge in [0, 0.05) is 5.92 Å². The van der Waals surface area contributed by atoms with Crippen molar-refractivity contribution in [1.29, 1.82) is 0 Å². The van der Waals surface area contributed by atoms with Gasteiger partial charge in [0.05, 0.1) is 0 Å². The van der Waals surface area contributed by atoms with Crippen LogP contribution in [0.5, 0.6) is 0 Å². The Morgan fingerprint density at radius 2 is 2.12 bits per heavy atom. The van der Waals surface area contributed by atoms with E-state index in [9.17, 15) is 4.79 Å². The summed E-state index contributed by atoms with van der Waals surface area (Å²) in [5.74, 6) is 1.83. The van der Waals surface area contributed by atoms with E-state index in [4.69, 9.17) is 0 Å². The Morgan fingerprint density at radius 3 is 2.75 bits per heavy atom. The molecule has 0 saturated heterocycles. The van der Waals surface area contributed by atoms with Crippen molar-refractivity contribution in [3.8, 4) is 0 Å². The van der Waals surface area contributed by atoms with E-state index in [0.29, 0.717) is 23.0 Å². The minimum absolute atomic E-state index is 0.270. The third kappa shape index (κ3) is 1.85. The Hall–Kier alpha value is -0.590. The molecule has 0 aromatic heterocycles. The number of carbonyl (C=O) groups is 1. The molecule has 0 bridgehead atoms. The maximum Gasteiger partial charge on any atom is 0.133 e. The van der Waals surface area contributed by atoms with Gasteiger partial charge in [0.1, 0.15) is 5.78 Å². The summed E-state index contributed by atoms with van der Waals surface area (Å²) >= 11 is 0. The molecule has 2 rings (SSSR count). The summed E-state index contributed by atoms with van der Waals surface area (Å²) in [6.07, 6.45) is 7.26. The van der Waals surface area contributed by atoms with E-state index in [1.165, 1.54) is 19.3 Å². The lowest BCUT2D eigenvalue weighted by molar-refractivity contribution is -0.123. The van der Waals surface area contributed by atoms with Crippen molar-refractivity contribution in [1.82, 2.24) is 0 Å². The number of hydrogen-bond acceptors (Lipinski definition) is 1. The SMILES string of the molecule is CC(=O)C1CC=C2CCCC(C)(C)C2C1C. The Bertz CT molecular complexity index is 324. The second kappa shape index (κ2) is 4.01. The van der Waals surface area contributed by atoms with Crippen LogP contribution in [-0.2, 0) is 4.79 Å². The van der Waals surface area contributed by atoms with Crippen LogP contribution in [0.15, 0.2) is 11.6 Å². The van der Waals surface area contributed by atoms with E-state index in [0.717, 1.165) is 6.42 Å². The van der Waals surface area contributed by atoms with Crippen LogP contribution in [0.2, 0.25) is 0 Å². The highest BCUT2D eigenvalue weighted by Crippen LogP contribution is 2.52. The van der Waals surface area contributed by atoms with Crippen LogP contribution < -0.4 is 0 Å². The Kier molecular flexibility index (Phi) is 2.98. The topological polar surface area (TPSA) is 17.1 Å². The first-order chi connectivity index (χ1) is 7.43. The largest absolute Gasteiger partial charge is 0.300 e. The molecule has 0 heterocycles. The van der Waals surface area contributed by atoms with Gasteiger partial charge in [-0.15, -0.1) is 0 Å². The van der Waals surface area contributed by atoms with Gasteiger partial charge in [0.15, 0.2) is 0 Å². The van der Waals surface area contributed by atoms with Crippen molar-refractivity contribution in [2.45, 2.75) is 53.4 Å². The Balaban J connectivity index is 2.32. The average Bonchev–Trinajstić information content (AvgIpc) is 2.15. The van der Waals surface area contributed by atoms with E-state index in [1.54, 1.807) is 12.5 Å². The molecule has 0 N–H and O–H groups in total. The van der Waals surface area contributed by atoms with Crippen molar-refractivity contribution < 1.29 is 4.79 Å². The van der Waals surface area contributed by atoms with Gasteiger partial charge in [-0.25, -0.2) is 0 Å². The highest BCUT2D eigenvalue weighted by molar-refractivity contribution is 5.79. The summed E-state index contributed by atoms with van der Waals surface area (Å²) in [7, 11) is 0. The molecule has 1 nitrogen and oxygen atoms in total. The lowest BCUT2D eigenvalue weighted by Gasteiger charge is -2.48. The highest BCUT2D eigenvalue weighted by Gasteiger charge is 2.43. The van der Waals surface area contributed by atoms with Gasteiger partial charge in [-0.05, 0) is 49.9 Å². The summed E-state index contributed by atoms with van der Waals surface area (Å²) in [5.41, 5.74) is 2.03. The molecule has 0 aromatic carbocycles. The molecule has 0 spiro atoms. The zero-order valence-corrected chi connectivity index (χ0v) is 11.0. The van der Waals surface area contributed by atoms with E-state index < -0.39 is 0 Å². The molecular weight excluding hydrogens is 196 g/mol. The van der Waals surface area contributed by atoms with Crippen molar-refractivity contribution >= 4 is 5.78 Å². The van der Waals surface area contributed by atoms with Gasteiger partial charge in [-0.3, -0.25) is 4.79 Å². The number of rotatable bonds is 1. The fraction of sp³-hybridized carbons (Fsp3) is 0.800. The van der Waals surface area contributed by atoms with Crippen molar-refractivity contribution in [3.05, 3.63) is 11.6 Å². The molecule has 1 fully saturated rings. The summed E-state index contributed by atoms with van der Waals surface area (Å²) in [6.45, 7) is 8.81. The monoisotopic (exact) mass is 220 g/mol. The number of fused-ring (bicyclic) bond motifs is 1. The van der Waals surface area contributed by atoms with E-state index in [1.807, 2.05) is 0 Å². The van der Waals surface area contributed by atoms with Crippen LogP contribution in [0, 0.1) is 23.2 Å². The standard InChI is InChI=1S/C15H24O/c1-10-13(11(2)16)8-7-12-6-5-9-15(3,4)14(10)12/h7,10,13-14H,5-6,8-9H2,1-4H3. The summed E-state index contributed by atoms with van der Waals surface area (Å²) < 4.78 is 0.